The van der Waals surface area contributed by atoms with Gasteiger partial charge in [0.25, 0.3) is 0 Å². The van der Waals surface area contributed by atoms with Crippen molar-refractivity contribution in [3.8, 4) is 0 Å². The van der Waals surface area contributed by atoms with Gasteiger partial charge >= 0.3 is 12.2 Å². The van der Waals surface area contributed by atoms with Gasteiger partial charge in [-0.1, -0.05) is 30.3 Å². The highest BCUT2D eigenvalue weighted by Gasteiger charge is 2.37. The zero-order chi connectivity index (χ0) is 20.9. The molecule has 1 atom stereocenters. The first kappa shape index (κ1) is 21.4. The Balaban J connectivity index is 1.50. The Kier molecular flexibility index (Phi) is 7.00. The first-order valence-electron chi connectivity index (χ1n) is 10.5. The van der Waals surface area contributed by atoms with Crippen LogP contribution in [0.25, 0.3) is 0 Å². The molecule has 2 aliphatic heterocycles. The van der Waals surface area contributed by atoms with Crippen LogP contribution < -0.4 is 5.32 Å². The molecule has 0 radical (unpaired) electrons. The summed E-state index contributed by atoms with van der Waals surface area (Å²) >= 11 is 0. The molecule has 1 unspecified atom stereocenters. The van der Waals surface area contributed by atoms with E-state index in [1.54, 1.807) is 4.90 Å². The van der Waals surface area contributed by atoms with Crippen LogP contribution >= 0.6 is 0 Å². The van der Waals surface area contributed by atoms with Gasteiger partial charge in [-0.15, -0.1) is 0 Å². The zero-order valence-electron chi connectivity index (χ0n) is 17.7. The number of piperazine rings is 1. The van der Waals surface area contributed by atoms with Gasteiger partial charge in [0, 0.05) is 32.7 Å². The van der Waals surface area contributed by atoms with E-state index in [2.05, 4.69) is 5.32 Å². The molecule has 2 aliphatic rings. The van der Waals surface area contributed by atoms with Crippen LogP contribution in [0.3, 0.4) is 0 Å². The van der Waals surface area contributed by atoms with E-state index in [0.717, 1.165) is 31.5 Å². The molecule has 29 heavy (non-hydrogen) atoms. The summed E-state index contributed by atoms with van der Waals surface area (Å²) in [5.41, 5.74) is 0.482. The number of ether oxygens (including phenoxy) is 2. The Hall–Kier alpha value is -2.28. The smallest absolute Gasteiger partial charge is 0.410 e. The lowest BCUT2D eigenvalue weighted by Crippen LogP contribution is -2.58. The van der Waals surface area contributed by atoms with Crippen LogP contribution in [-0.2, 0) is 16.1 Å². The second kappa shape index (κ2) is 9.48. The van der Waals surface area contributed by atoms with E-state index in [1.807, 2.05) is 56.0 Å². The summed E-state index contributed by atoms with van der Waals surface area (Å²) in [6.45, 7) is 9.46. The first-order chi connectivity index (χ1) is 13.8. The number of hydrogen-bond acceptors (Lipinski definition) is 5. The standard InChI is InChI=1S/C22H33N3O4/c1-22(2,3)29-21(27)25-14-11-23-15-19(25)18-9-12-24(13-10-18)20(26)28-16-17-7-5-4-6-8-17/h4-8,18-19,23H,9-16H2,1-3H3. The summed E-state index contributed by atoms with van der Waals surface area (Å²) < 4.78 is 11.1. The van der Waals surface area contributed by atoms with E-state index in [4.69, 9.17) is 9.47 Å². The SMILES string of the molecule is CC(C)(C)OC(=O)N1CCNCC1C1CCN(C(=O)OCc2ccccc2)CC1. The lowest BCUT2D eigenvalue weighted by atomic mass is 9.87. The second-order valence-electron chi connectivity index (χ2n) is 8.81. The summed E-state index contributed by atoms with van der Waals surface area (Å²) in [6.07, 6.45) is 1.20. The van der Waals surface area contributed by atoms with Gasteiger partial charge in [0.2, 0.25) is 0 Å². The van der Waals surface area contributed by atoms with Gasteiger partial charge in [0.1, 0.15) is 12.2 Å². The predicted octanol–water partition coefficient (Wildman–Crippen LogP) is 3.24. The number of likely N-dealkylation sites (tertiary alicyclic amines) is 1. The second-order valence-corrected chi connectivity index (χ2v) is 8.81. The molecule has 1 aromatic rings. The van der Waals surface area contributed by atoms with Crippen molar-refractivity contribution in [2.24, 2.45) is 5.92 Å². The Bertz CT molecular complexity index is 681. The summed E-state index contributed by atoms with van der Waals surface area (Å²) in [5.74, 6) is 0.341. The molecule has 0 bridgehead atoms. The molecular formula is C22H33N3O4. The van der Waals surface area contributed by atoms with Gasteiger partial charge in [-0.2, -0.15) is 0 Å². The van der Waals surface area contributed by atoms with Crippen LogP contribution in [0.4, 0.5) is 9.59 Å². The Labute approximate surface area is 173 Å². The molecule has 7 heteroatoms. The van der Waals surface area contributed by atoms with Crippen LogP contribution in [0.2, 0.25) is 0 Å². The number of piperidine rings is 1. The minimum atomic E-state index is -0.502. The van der Waals surface area contributed by atoms with Gasteiger partial charge in [0.05, 0.1) is 6.04 Å². The highest BCUT2D eigenvalue weighted by atomic mass is 16.6. The molecule has 1 aromatic carbocycles. The Morgan fingerprint density at radius 3 is 2.41 bits per heavy atom. The van der Waals surface area contributed by atoms with Crippen molar-refractivity contribution in [1.82, 2.24) is 15.1 Å². The van der Waals surface area contributed by atoms with Crippen molar-refractivity contribution in [2.75, 3.05) is 32.7 Å². The third-order valence-electron chi connectivity index (χ3n) is 5.46. The van der Waals surface area contributed by atoms with Crippen molar-refractivity contribution in [2.45, 2.75) is 51.9 Å². The molecule has 1 N–H and O–H groups in total. The summed E-state index contributed by atoms with van der Waals surface area (Å²) in [6, 6.07) is 9.80. The predicted molar refractivity (Wildman–Crippen MR) is 111 cm³/mol. The summed E-state index contributed by atoms with van der Waals surface area (Å²) in [5, 5.41) is 3.40. The molecule has 2 fully saturated rings. The topological polar surface area (TPSA) is 71.1 Å². The van der Waals surface area contributed by atoms with Gasteiger partial charge in [-0.3, -0.25) is 0 Å². The monoisotopic (exact) mass is 403 g/mol. The van der Waals surface area contributed by atoms with Crippen LogP contribution in [0.15, 0.2) is 30.3 Å². The highest BCUT2D eigenvalue weighted by molar-refractivity contribution is 5.69. The fourth-order valence-electron chi connectivity index (χ4n) is 3.97. The van der Waals surface area contributed by atoms with Gasteiger partial charge in [0.15, 0.2) is 0 Å². The maximum Gasteiger partial charge on any atom is 0.410 e. The van der Waals surface area contributed by atoms with E-state index in [-0.39, 0.29) is 18.2 Å². The average Bonchev–Trinajstić information content (AvgIpc) is 2.71. The third-order valence-corrected chi connectivity index (χ3v) is 5.46. The summed E-state index contributed by atoms with van der Waals surface area (Å²) in [4.78, 5) is 28.7. The molecule has 0 saturated carbocycles. The highest BCUT2D eigenvalue weighted by Crippen LogP contribution is 2.27. The summed E-state index contributed by atoms with van der Waals surface area (Å²) in [7, 11) is 0. The maximum atomic E-state index is 12.7. The van der Waals surface area contributed by atoms with Crippen molar-refractivity contribution < 1.29 is 19.1 Å². The van der Waals surface area contributed by atoms with Crippen molar-refractivity contribution in [3.63, 3.8) is 0 Å². The van der Waals surface area contributed by atoms with E-state index in [1.165, 1.54) is 0 Å². The van der Waals surface area contributed by atoms with Crippen LogP contribution in [0.5, 0.6) is 0 Å². The minimum absolute atomic E-state index is 0.0982. The number of carbonyl (C=O) groups is 2. The quantitative estimate of drug-likeness (QED) is 0.839. The number of amides is 2. The number of rotatable bonds is 3. The van der Waals surface area contributed by atoms with Gasteiger partial charge in [-0.25, -0.2) is 9.59 Å². The number of nitrogens with zero attached hydrogens (tertiary/aromatic N) is 2. The molecular weight excluding hydrogens is 370 g/mol. The Morgan fingerprint density at radius 1 is 1.07 bits per heavy atom. The normalized spacial score (nSPS) is 21.0. The van der Waals surface area contributed by atoms with Gasteiger partial charge in [-0.05, 0) is 45.1 Å². The number of nitrogens with one attached hydrogen (secondary N) is 1. The third kappa shape index (κ3) is 6.10. The fourth-order valence-corrected chi connectivity index (χ4v) is 3.97. The van der Waals surface area contributed by atoms with E-state index >= 15 is 0 Å². The average molecular weight is 404 g/mol. The fraction of sp³-hybridized carbons (Fsp3) is 0.636. The molecule has 2 saturated heterocycles. The number of hydrogen-bond donors (Lipinski definition) is 1. The first-order valence-corrected chi connectivity index (χ1v) is 10.5. The van der Waals surface area contributed by atoms with E-state index < -0.39 is 5.60 Å². The van der Waals surface area contributed by atoms with Crippen LogP contribution in [0.1, 0.15) is 39.2 Å². The molecule has 160 valence electrons. The molecule has 2 heterocycles. The molecule has 0 aromatic heterocycles. The number of carbonyl (C=O) groups excluding carboxylic acids is 2. The lowest BCUT2D eigenvalue weighted by Gasteiger charge is -2.43. The molecule has 2 amide bonds. The van der Waals surface area contributed by atoms with Crippen LogP contribution in [0, 0.1) is 5.92 Å². The zero-order valence-corrected chi connectivity index (χ0v) is 17.7. The van der Waals surface area contributed by atoms with Crippen LogP contribution in [-0.4, -0.2) is 66.4 Å². The number of benzene rings is 1. The molecule has 7 nitrogen and oxygen atoms in total. The lowest BCUT2D eigenvalue weighted by molar-refractivity contribution is -0.00200. The molecule has 3 rings (SSSR count). The molecule has 0 aliphatic carbocycles. The largest absolute Gasteiger partial charge is 0.445 e. The molecule has 0 spiro atoms. The van der Waals surface area contributed by atoms with Crippen molar-refractivity contribution in [3.05, 3.63) is 35.9 Å². The minimum Gasteiger partial charge on any atom is -0.445 e. The van der Waals surface area contributed by atoms with E-state index in [0.29, 0.717) is 32.2 Å². The van der Waals surface area contributed by atoms with Gasteiger partial charge < -0.3 is 24.6 Å². The van der Waals surface area contributed by atoms with Crippen molar-refractivity contribution in [1.29, 1.82) is 0 Å². The Morgan fingerprint density at radius 2 is 1.76 bits per heavy atom. The van der Waals surface area contributed by atoms with Crippen molar-refractivity contribution >= 4 is 12.2 Å². The maximum absolute atomic E-state index is 12.7. The van der Waals surface area contributed by atoms with E-state index in [9.17, 15) is 9.59 Å².